The summed E-state index contributed by atoms with van der Waals surface area (Å²) in [6.45, 7) is 0. The van der Waals surface area contributed by atoms with Crippen molar-refractivity contribution in [1.82, 2.24) is 0 Å². The quantitative estimate of drug-likeness (QED) is 0.475. The Bertz CT molecular complexity index is 88.1. The number of rotatable bonds is 0. The molecule has 0 amide bonds. The molecule has 40 valence electrons. The summed E-state index contributed by atoms with van der Waals surface area (Å²) >= 11 is 0. The summed E-state index contributed by atoms with van der Waals surface area (Å²) in [7, 11) is -0.117. The zero-order valence-corrected chi connectivity index (χ0v) is 5.32. The van der Waals surface area contributed by atoms with Crippen LogP contribution in [0.25, 0.3) is 0 Å². The molecular formula is C5H11NP+. The summed E-state index contributed by atoms with van der Waals surface area (Å²) < 4.78 is 0. The van der Waals surface area contributed by atoms with E-state index in [0.29, 0.717) is 0 Å². The molecule has 1 heterocycles. The van der Waals surface area contributed by atoms with Crippen LogP contribution in [0.4, 0.5) is 0 Å². The molecule has 1 aliphatic rings. The van der Waals surface area contributed by atoms with Crippen molar-refractivity contribution in [2.45, 2.75) is 19.3 Å². The maximum absolute atomic E-state index is 5.64. The van der Waals surface area contributed by atoms with Crippen LogP contribution in [0.15, 0.2) is 0 Å². The van der Waals surface area contributed by atoms with Crippen LogP contribution in [0, 0.1) is 0 Å². The largest absolute Gasteiger partial charge is 0.175 e. The summed E-state index contributed by atoms with van der Waals surface area (Å²) in [5.74, 6) is 2.28. The summed E-state index contributed by atoms with van der Waals surface area (Å²) in [4.78, 5) is 0. The topological polar surface area (TPSA) is 26.0 Å². The zero-order valence-electron chi connectivity index (χ0n) is 4.43. The van der Waals surface area contributed by atoms with Gasteiger partial charge in [0.05, 0.1) is 0 Å². The number of nitrogens with two attached hydrogens (primary N) is 1. The first-order valence-corrected chi connectivity index (χ1v) is 4.41. The van der Waals surface area contributed by atoms with Gasteiger partial charge in [0.25, 0.3) is 0 Å². The minimum absolute atomic E-state index is 0.117. The fourth-order valence-electron chi connectivity index (χ4n) is 0.787. The van der Waals surface area contributed by atoms with Gasteiger partial charge in [-0.1, -0.05) is 0 Å². The van der Waals surface area contributed by atoms with Crippen LogP contribution in [-0.2, 0) is 0 Å². The van der Waals surface area contributed by atoms with Gasteiger partial charge in [0.2, 0.25) is 0 Å². The minimum atomic E-state index is -0.117. The Balaban J connectivity index is 2.40. The Morgan fingerprint density at radius 3 is 2.57 bits per heavy atom. The first kappa shape index (κ1) is 5.27. The van der Waals surface area contributed by atoms with E-state index in [9.17, 15) is 0 Å². The van der Waals surface area contributed by atoms with Crippen LogP contribution >= 0.6 is 7.70 Å². The molecule has 7 heavy (non-hydrogen) atoms. The van der Waals surface area contributed by atoms with Crippen molar-refractivity contribution in [2.24, 2.45) is 5.50 Å². The van der Waals surface area contributed by atoms with Crippen molar-refractivity contribution in [1.29, 1.82) is 0 Å². The van der Waals surface area contributed by atoms with Gasteiger partial charge in [-0.2, -0.15) is 5.50 Å². The average molecular weight is 116 g/mol. The van der Waals surface area contributed by atoms with Gasteiger partial charge in [0.15, 0.2) is 7.70 Å². The Labute approximate surface area is 45.3 Å². The van der Waals surface area contributed by atoms with E-state index in [2.05, 4.69) is 5.80 Å². The molecule has 0 bridgehead atoms. The van der Waals surface area contributed by atoms with E-state index in [1.54, 1.807) is 0 Å². The molecule has 1 rings (SSSR count). The molecule has 0 aromatic carbocycles. The minimum Gasteiger partial charge on any atom is -0.157 e. The van der Waals surface area contributed by atoms with Crippen LogP contribution in [0.1, 0.15) is 19.3 Å². The first-order valence-electron chi connectivity index (χ1n) is 2.74. The van der Waals surface area contributed by atoms with Gasteiger partial charge >= 0.3 is 0 Å². The second-order valence-electron chi connectivity index (χ2n) is 1.92. The fraction of sp³-hybridized carbons (Fsp3) is 0.800. The Morgan fingerprint density at radius 2 is 2.29 bits per heavy atom. The van der Waals surface area contributed by atoms with Crippen LogP contribution in [0.3, 0.4) is 0 Å². The Morgan fingerprint density at radius 1 is 1.43 bits per heavy atom. The molecule has 0 fully saturated rings. The molecule has 1 aliphatic heterocycles. The third kappa shape index (κ3) is 1.58. The predicted octanol–water partition coefficient (Wildman–Crippen LogP) is 1.33. The third-order valence-corrected chi connectivity index (χ3v) is 2.79. The van der Waals surface area contributed by atoms with Crippen molar-refractivity contribution in [2.75, 3.05) is 6.16 Å². The fourth-order valence-corrected chi connectivity index (χ4v) is 2.07. The molecule has 0 radical (unpaired) electrons. The van der Waals surface area contributed by atoms with Crippen LogP contribution in [-0.4, -0.2) is 12.0 Å². The van der Waals surface area contributed by atoms with E-state index < -0.39 is 0 Å². The standard InChI is InChI=1S/C5H11NP/c6-7-4-2-1-3-5-7/h4H,1-3,5-6H2/q+1. The normalized spacial score (nSPS) is 26.7. The van der Waals surface area contributed by atoms with Gasteiger partial charge < -0.3 is 0 Å². The van der Waals surface area contributed by atoms with E-state index in [4.69, 9.17) is 5.50 Å². The van der Waals surface area contributed by atoms with Crippen molar-refractivity contribution in [3.05, 3.63) is 0 Å². The van der Waals surface area contributed by atoms with Gasteiger partial charge in [-0.25, -0.2) is 0 Å². The van der Waals surface area contributed by atoms with E-state index in [0.717, 1.165) is 0 Å². The summed E-state index contributed by atoms with van der Waals surface area (Å²) in [5.41, 5.74) is 5.64. The third-order valence-electron chi connectivity index (χ3n) is 1.23. The lowest BCUT2D eigenvalue weighted by molar-refractivity contribution is 0.844. The highest BCUT2D eigenvalue weighted by atomic mass is 31.1. The summed E-state index contributed by atoms with van der Waals surface area (Å²) in [5, 5.41) is 0. The molecular weight excluding hydrogens is 105 g/mol. The molecule has 0 saturated carbocycles. The van der Waals surface area contributed by atoms with Crippen LogP contribution in [0.5, 0.6) is 0 Å². The molecule has 0 aromatic heterocycles. The molecule has 0 spiro atoms. The Kier molecular flexibility index (Phi) is 1.84. The van der Waals surface area contributed by atoms with Gasteiger partial charge in [-0.15, -0.1) is 0 Å². The highest BCUT2D eigenvalue weighted by Gasteiger charge is 2.06. The second kappa shape index (κ2) is 2.44. The molecule has 1 nitrogen and oxygen atoms in total. The predicted molar refractivity (Wildman–Crippen MR) is 35.9 cm³/mol. The lowest BCUT2D eigenvalue weighted by Gasteiger charge is -1.95. The zero-order chi connectivity index (χ0) is 5.11. The van der Waals surface area contributed by atoms with Crippen LogP contribution < -0.4 is 5.50 Å². The maximum Gasteiger partial charge on any atom is 0.175 e. The maximum atomic E-state index is 5.64. The van der Waals surface area contributed by atoms with E-state index in [1.165, 1.54) is 25.4 Å². The van der Waals surface area contributed by atoms with Crippen molar-refractivity contribution < 1.29 is 0 Å². The van der Waals surface area contributed by atoms with Crippen LogP contribution in [0.2, 0.25) is 0 Å². The number of hydrogen-bond acceptors (Lipinski definition) is 1. The van der Waals surface area contributed by atoms with Crippen molar-refractivity contribution in [3.8, 4) is 0 Å². The summed E-state index contributed by atoms with van der Waals surface area (Å²) in [6, 6.07) is 0. The van der Waals surface area contributed by atoms with E-state index >= 15 is 0 Å². The van der Waals surface area contributed by atoms with Crippen molar-refractivity contribution in [3.63, 3.8) is 0 Å². The van der Waals surface area contributed by atoms with Gasteiger partial charge in [0.1, 0.15) is 12.0 Å². The molecule has 2 heteroatoms. The van der Waals surface area contributed by atoms with E-state index in [-0.39, 0.29) is 7.70 Å². The van der Waals surface area contributed by atoms with Gasteiger partial charge in [0, 0.05) is 6.42 Å². The van der Waals surface area contributed by atoms with Gasteiger partial charge in [-0.05, 0) is 12.8 Å². The SMILES string of the molecule is N[P+]1=CCCCC1. The Hall–Kier alpha value is 0.130. The lowest BCUT2D eigenvalue weighted by Crippen LogP contribution is -1.95. The molecule has 0 saturated heterocycles. The molecule has 0 aromatic rings. The van der Waals surface area contributed by atoms with Gasteiger partial charge in [-0.3, -0.25) is 0 Å². The molecule has 0 aliphatic carbocycles. The van der Waals surface area contributed by atoms with Crippen molar-refractivity contribution >= 4 is 13.5 Å². The molecule has 1 unspecified atom stereocenters. The van der Waals surface area contributed by atoms with E-state index in [1.807, 2.05) is 0 Å². The summed E-state index contributed by atoms with van der Waals surface area (Å²) in [6.07, 6.45) is 5.27. The average Bonchev–Trinajstić information content (AvgIpc) is 1.69. The highest BCUT2D eigenvalue weighted by Crippen LogP contribution is 2.19. The molecule has 2 N–H and O–H groups in total. The monoisotopic (exact) mass is 116 g/mol. The first-order chi connectivity index (χ1) is 3.39. The number of hydrogen-bond donors (Lipinski definition) is 1. The lowest BCUT2D eigenvalue weighted by atomic mass is 10.3. The smallest absolute Gasteiger partial charge is 0.157 e. The highest BCUT2D eigenvalue weighted by molar-refractivity contribution is 7.54. The second-order valence-corrected chi connectivity index (χ2v) is 3.76. The molecule has 1 atom stereocenters.